The summed E-state index contributed by atoms with van der Waals surface area (Å²) in [4.78, 5) is 31.4. The fourth-order valence-electron chi connectivity index (χ4n) is 4.67. The summed E-state index contributed by atoms with van der Waals surface area (Å²) >= 11 is 1.29. The molecule has 3 aromatic carbocycles. The molecule has 9 nitrogen and oxygen atoms in total. The summed E-state index contributed by atoms with van der Waals surface area (Å²) in [5, 5.41) is 23.1. The van der Waals surface area contributed by atoms with Crippen molar-refractivity contribution in [2.45, 2.75) is 18.9 Å². The van der Waals surface area contributed by atoms with Gasteiger partial charge in [-0.15, -0.1) is 11.3 Å². The predicted molar refractivity (Wildman–Crippen MR) is 153 cm³/mol. The maximum atomic E-state index is 12.9. The number of nitrogens with zero attached hydrogens (tertiary/aromatic N) is 4. The third-order valence-electron chi connectivity index (χ3n) is 6.78. The zero-order valence-electron chi connectivity index (χ0n) is 20.9. The molecule has 2 amide bonds. The molecule has 6 rings (SSSR count). The number of nitrogens with one attached hydrogen (secondary N) is 2. The summed E-state index contributed by atoms with van der Waals surface area (Å²) < 4.78 is 1.81. The fraction of sp³-hybridized carbons (Fsp3) is 0.172. The number of piperidine rings is 1. The second-order valence-corrected chi connectivity index (χ2v) is 10.3. The van der Waals surface area contributed by atoms with E-state index in [1.54, 1.807) is 17.8 Å². The van der Waals surface area contributed by atoms with E-state index in [1.807, 2.05) is 71.4 Å². The van der Waals surface area contributed by atoms with Crippen molar-refractivity contribution in [1.29, 1.82) is 0 Å². The first-order valence-corrected chi connectivity index (χ1v) is 13.5. The van der Waals surface area contributed by atoms with Gasteiger partial charge in [0.1, 0.15) is 0 Å². The minimum atomic E-state index is -0.240. The summed E-state index contributed by atoms with van der Waals surface area (Å²) in [6.45, 7) is 1.63. The van der Waals surface area contributed by atoms with Gasteiger partial charge in [0.05, 0.1) is 23.5 Å². The van der Waals surface area contributed by atoms with Crippen molar-refractivity contribution in [3.8, 4) is 5.69 Å². The standard InChI is InChI=1S/C29H26N6O3S/c36-25-11-14-34(15-12-25)23-6-1-19(2-7-23)27(37)33-22-5-10-26-20(17-22)18-31-35(26)24-8-3-21(4-9-24)32-28(38)29-30-13-16-39-29/h1-10,13,16-18,25,36H,11-12,14-15H2,(H,32,38)(H,33,37). The first-order chi connectivity index (χ1) is 19.0. The highest BCUT2D eigenvalue weighted by Crippen LogP contribution is 2.25. The van der Waals surface area contributed by atoms with Crippen LogP contribution in [0.4, 0.5) is 17.1 Å². The molecule has 3 heterocycles. The van der Waals surface area contributed by atoms with Gasteiger partial charge in [-0.25, -0.2) is 9.67 Å². The molecule has 0 bridgehead atoms. The molecule has 5 aromatic rings. The summed E-state index contributed by atoms with van der Waals surface area (Å²) in [5.74, 6) is -0.423. The van der Waals surface area contributed by atoms with E-state index in [0.29, 0.717) is 21.9 Å². The monoisotopic (exact) mass is 538 g/mol. The van der Waals surface area contributed by atoms with Crippen LogP contribution >= 0.6 is 11.3 Å². The van der Waals surface area contributed by atoms with E-state index >= 15 is 0 Å². The highest BCUT2D eigenvalue weighted by molar-refractivity contribution is 7.11. The second kappa shape index (κ2) is 10.7. The molecule has 39 heavy (non-hydrogen) atoms. The van der Waals surface area contributed by atoms with E-state index in [4.69, 9.17) is 0 Å². The summed E-state index contributed by atoms with van der Waals surface area (Å²) in [5.41, 5.74) is 4.72. The van der Waals surface area contributed by atoms with E-state index in [1.165, 1.54) is 11.3 Å². The second-order valence-electron chi connectivity index (χ2n) is 9.39. The van der Waals surface area contributed by atoms with Crippen molar-refractivity contribution in [1.82, 2.24) is 14.8 Å². The molecule has 1 fully saturated rings. The van der Waals surface area contributed by atoms with E-state index < -0.39 is 0 Å². The van der Waals surface area contributed by atoms with Gasteiger partial charge >= 0.3 is 0 Å². The van der Waals surface area contributed by atoms with Crippen LogP contribution < -0.4 is 15.5 Å². The number of amides is 2. The van der Waals surface area contributed by atoms with Crippen LogP contribution in [0, 0.1) is 0 Å². The number of fused-ring (bicyclic) bond motifs is 1. The Labute approximate surface area is 228 Å². The van der Waals surface area contributed by atoms with Crippen LogP contribution in [0.25, 0.3) is 16.6 Å². The van der Waals surface area contributed by atoms with E-state index in [2.05, 4.69) is 25.6 Å². The van der Waals surface area contributed by atoms with Crippen molar-refractivity contribution in [3.05, 3.63) is 95.1 Å². The molecule has 1 saturated heterocycles. The first kappa shape index (κ1) is 24.8. The number of benzene rings is 3. The molecule has 0 radical (unpaired) electrons. The minimum absolute atomic E-state index is 0.183. The molecule has 0 atom stereocenters. The van der Waals surface area contributed by atoms with Gasteiger partial charge in [0.15, 0.2) is 5.01 Å². The molecule has 3 N–H and O–H groups in total. The van der Waals surface area contributed by atoms with Crippen molar-refractivity contribution in [2.24, 2.45) is 0 Å². The normalized spacial score (nSPS) is 13.9. The van der Waals surface area contributed by atoms with Crippen LogP contribution in [-0.2, 0) is 0 Å². The molecule has 0 saturated carbocycles. The number of aliphatic hydroxyl groups is 1. The molecule has 1 aliphatic rings. The third-order valence-corrected chi connectivity index (χ3v) is 7.55. The molecule has 0 spiro atoms. The topological polar surface area (TPSA) is 112 Å². The molecular weight excluding hydrogens is 512 g/mol. The quantitative estimate of drug-likeness (QED) is 0.282. The lowest BCUT2D eigenvalue weighted by atomic mass is 10.1. The Kier molecular flexibility index (Phi) is 6.78. The number of hydrogen-bond donors (Lipinski definition) is 3. The Morgan fingerprint density at radius 2 is 1.56 bits per heavy atom. The highest BCUT2D eigenvalue weighted by Gasteiger charge is 2.18. The van der Waals surface area contributed by atoms with Crippen molar-refractivity contribution >= 4 is 51.1 Å². The van der Waals surface area contributed by atoms with Gasteiger partial charge in [-0.1, -0.05) is 0 Å². The lowest BCUT2D eigenvalue weighted by molar-refractivity contribution is 0.101. The number of rotatable bonds is 6. The zero-order valence-corrected chi connectivity index (χ0v) is 21.8. The maximum Gasteiger partial charge on any atom is 0.284 e. The van der Waals surface area contributed by atoms with Gasteiger partial charge in [-0.3, -0.25) is 9.59 Å². The number of carbonyl (C=O) groups is 2. The predicted octanol–water partition coefficient (Wildman–Crippen LogP) is 4.95. The Balaban J connectivity index is 1.12. The number of aliphatic hydroxyl groups excluding tert-OH is 1. The molecule has 2 aromatic heterocycles. The van der Waals surface area contributed by atoms with E-state index in [-0.39, 0.29) is 17.9 Å². The summed E-state index contributed by atoms with van der Waals surface area (Å²) in [6.07, 6.45) is 4.67. The third kappa shape index (κ3) is 5.38. The van der Waals surface area contributed by atoms with Gasteiger partial charge in [-0.05, 0) is 79.6 Å². The van der Waals surface area contributed by atoms with Crippen molar-refractivity contribution < 1.29 is 14.7 Å². The Morgan fingerprint density at radius 1 is 0.872 bits per heavy atom. The van der Waals surface area contributed by atoms with Gasteiger partial charge in [0.25, 0.3) is 11.8 Å². The van der Waals surface area contributed by atoms with Crippen LogP contribution in [0.3, 0.4) is 0 Å². The molecule has 196 valence electrons. The number of aromatic nitrogens is 3. The highest BCUT2D eigenvalue weighted by atomic mass is 32.1. The average molecular weight is 539 g/mol. The Hall–Kier alpha value is -4.54. The van der Waals surface area contributed by atoms with Gasteiger partial charge < -0.3 is 20.6 Å². The summed E-state index contributed by atoms with van der Waals surface area (Å²) in [6, 6.07) is 20.7. The lowest BCUT2D eigenvalue weighted by Gasteiger charge is -2.31. The van der Waals surface area contributed by atoms with Gasteiger partial charge in [-0.2, -0.15) is 5.10 Å². The fourth-order valence-corrected chi connectivity index (χ4v) is 5.20. The average Bonchev–Trinajstić information content (AvgIpc) is 3.65. The van der Waals surface area contributed by atoms with Crippen molar-refractivity contribution in [2.75, 3.05) is 28.6 Å². The Bertz CT molecular complexity index is 1610. The largest absolute Gasteiger partial charge is 0.393 e. The van der Waals surface area contributed by atoms with Gasteiger partial charge in [0, 0.05) is 52.7 Å². The molecule has 0 aliphatic carbocycles. The SMILES string of the molecule is O=C(Nc1ccc2c(cnn2-c2ccc(NC(=O)c3nccs3)cc2)c1)c1ccc(N2CCC(O)CC2)cc1. The summed E-state index contributed by atoms with van der Waals surface area (Å²) in [7, 11) is 0. The van der Waals surface area contributed by atoms with Crippen LogP contribution in [0.15, 0.2) is 84.5 Å². The molecule has 0 unspecified atom stereocenters. The molecular formula is C29H26N6O3S. The van der Waals surface area contributed by atoms with Crippen LogP contribution in [0.1, 0.15) is 33.0 Å². The molecule has 1 aliphatic heterocycles. The number of hydrogen-bond acceptors (Lipinski definition) is 7. The lowest BCUT2D eigenvalue weighted by Crippen LogP contribution is -2.35. The number of anilines is 3. The zero-order chi connectivity index (χ0) is 26.8. The maximum absolute atomic E-state index is 12.9. The van der Waals surface area contributed by atoms with E-state index in [0.717, 1.165) is 48.2 Å². The number of carbonyl (C=O) groups excluding carboxylic acids is 2. The van der Waals surface area contributed by atoms with Crippen molar-refractivity contribution in [3.63, 3.8) is 0 Å². The van der Waals surface area contributed by atoms with Crippen LogP contribution in [-0.4, -0.2) is 50.9 Å². The number of thiazole rings is 1. The minimum Gasteiger partial charge on any atom is -0.393 e. The first-order valence-electron chi connectivity index (χ1n) is 12.7. The van der Waals surface area contributed by atoms with Crippen LogP contribution in [0.5, 0.6) is 0 Å². The van der Waals surface area contributed by atoms with E-state index in [9.17, 15) is 14.7 Å². The smallest absolute Gasteiger partial charge is 0.284 e. The molecule has 10 heteroatoms. The Morgan fingerprint density at radius 3 is 2.28 bits per heavy atom. The van der Waals surface area contributed by atoms with Gasteiger partial charge in [0.2, 0.25) is 0 Å². The van der Waals surface area contributed by atoms with Crippen LogP contribution in [0.2, 0.25) is 0 Å².